The maximum absolute atomic E-state index is 6.64. The molecule has 0 radical (unpaired) electrons. The Hall–Kier alpha value is -7.58. The van der Waals surface area contributed by atoms with Crippen molar-refractivity contribution in [3.8, 4) is 22.6 Å². The van der Waals surface area contributed by atoms with Gasteiger partial charge in [-0.2, -0.15) is 0 Å². The molecule has 0 unspecified atom stereocenters. The number of hydrogen-bond acceptors (Lipinski definition) is 4. The molecule has 9 aromatic carbocycles. The van der Waals surface area contributed by atoms with Crippen molar-refractivity contribution in [3.63, 3.8) is 0 Å². The minimum absolute atomic E-state index is 0.552. The van der Waals surface area contributed by atoms with Gasteiger partial charge in [-0.05, 0) is 126 Å². The number of hydrogen-bond donors (Lipinski definition) is 0. The first-order chi connectivity index (χ1) is 29.7. The lowest BCUT2D eigenvalue weighted by Gasteiger charge is -2.39. The van der Waals surface area contributed by atoms with E-state index in [1.807, 2.05) is 23.5 Å². The van der Waals surface area contributed by atoms with E-state index >= 15 is 0 Å². The third-order valence-corrected chi connectivity index (χ3v) is 13.3. The number of thiophene rings is 1. The van der Waals surface area contributed by atoms with E-state index in [4.69, 9.17) is 4.74 Å². The molecule has 2 aliphatic rings. The molecule has 1 aliphatic heterocycles. The van der Waals surface area contributed by atoms with Crippen molar-refractivity contribution in [1.29, 1.82) is 0 Å². The van der Waals surface area contributed by atoms with E-state index in [9.17, 15) is 0 Å². The fraction of sp³-hybridized carbons (Fsp3) is 0.0357. The third-order valence-electron chi connectivity index (χ3n) is 12.2. The average molecular weight is 785 g/mol. The molecule has 2 heterocycles. The number of benzene rings is 8. The van der Waals surface area contributed by atoms with Crippen molar-refractivity contribution >= 4 is 65.6 Å². The van der Waals surface area contributed by atoms with Crippen LogP contribution in [0.4, 0.5) is 34.1 Å². The molecule has 0 atom stereocenters. The van der Waals surface area contributed by atoms with Crippen LogP contribution < -0.4 is 14.5 Å². The highest BCUT2D eigenvalue weighted by atomic mass is 32.1. The van der Waals surface area contributed by atoms with Gasteiger partial charge in [-0.25, -0.2) is 0 Å². The van der Waals surface area contributed by atoms with Gasteiger partial charge in [0.2, 0.25) is 0 Å². The average Bonchev–Trinajstić information content (AvgIpc) is 3.81. The number of aryl methyl sites for hydroxylation is 1. The van der Waals surface area contributed by atoms with Crippen LogP contribution in [0.1, 0.15) is 27.8 Å². The van der Waals surface area contributed by atoms with Crippen molar-refractivity contribution < 1.29 is 4.74 Å². The van der Waals surface area contributed by atoms with Crippen LogP contribution in [0.25, 0.3) is 31.3 Å². The summed E-state index contributed by atoms with van der Waals surface area (Å²) in [4.78, 5) is 4.68. The van der Waals surface area contributed by atoms with E-state index in [0.29, 0.717) is 0 Å². The summed E-state index contributed by atoms with van der Waals surface area (Å²) in [6.45, 7) is 2.23. The fourth-order valence-electron chi connectivity index (χ4n) is 9.84. The molecular weight excluding hydrogens is 749 g/mol. The molecule has 12 rings (SSSR count). The van der Waals surface area contributed by atoms with Gasteiger partial charge in [-0.3, -0.25) is 0 Å². The highest BCUT2D eigenvalue weighted by molar-refractivity contribution is 7.26. The van der Waals surface area contributed by atoms with Gasteiger partial charge in [0.15, 0.2) is 0 Å². The normalized spacial score (nSPS) is 12.9. The third kappa shape index (κ3) is 5.10. The lowest BCUT2D eigenvalue weighted by Crippen LogP contribution is -2.32. The largest absolute Gasteiger partial charge is 0.457 e. The lowest BCUT2D eigenvalue weighted by atomic mass is 9.66. The summed E-state index contributed by atoms with van der Waals surface area (Å²) < 4.78 is 9.13. The molecule has 0 bridgehead atoms. The van der Waals surface area contributed by atoms with Gasteiger partial charge in [0.05, 0.1) is 11.1 Å². The number of fused-ring (bicyclic) bond motifs is 12. The topological polar surface area (TPSA) is 15.7 Å². The Kier molecular flexibility index (Phi) is 7.75. The second-order valence-electron chi connectivity index (χ2n) is 15.6. The molecule has 1 aromatic heterocycles. The Balaban J connectivity index is 1.04. The first-order valence-corrected chi connectivity index (χ1v) is 21.2. The summed E-state index contributed by atoms with van der Waals surface area (Å²) in [5.74, 6) is 1.79. The predicted molar refractivity (Wildman–Crippen MR) is 248 cm³/mol. The molecule has 3 nitrogen and oxygen atoms in total. The van der Waals surface area contributed by atoms with E-state index in [1.165, 1.54) is 48.0 Å². The highest BCUT2D eigenvalue weighted by Crippen LogP contribution is 2.62. The van der Waals surface area contributed by atoms with E-state index in [0.717, 1.165) is 56.8 Å². The zero-order chi connectivity index (χ0) is 39.8. The van der Waals surface area contributed by atoms with Gasteiger partial charge in [0.25, 0.3) is 0 Å². The van der Waals surface area contributed by atoms with Crippen molar-refractivity contribution in [2.45, 2.75) is 12.3 Å². The van der Waals surface area contributed by atoms with E-state index in [2.05, 4.69) is 217 Å². The molecule has 0 fully saturated rings. The summed E-state index contributed by atoms with van der Waals surface area (Å²) >= 11 is 1.85. The fourth-order valence-corrected chi connectivity index (χ4v) is 11.1. The smallest absolute Gasteiger partial charge is 0.132 e. The molecule has 4 heteroatoms. The van der Waals surface area contributed by atoms with Crippen molar-refractivity contribution in [1.82, 2.24) is 0 Å². The van der Waals surface area contributed by atoms with Crippen LogP contribution in [0, 0.1) is 19.1 Å². The summed E-state index contributed by atoms with van der Waals surface area (Å²) in [5, 5.41) is 2.56. The van der Waals surface area contributed by atoms with Crippen LogP contribution in [0.5, 0.6) is 11.5 Å². The maximum atomic E-state index is 6.64. The SMILES string of the molecule is Cc1cc(N(c2c#cccc2)c2ccccc2)cc2sc3cc(N(c4ccccc4)c4ccc5c(c4)C4(c6ccccc6Oc6ccccc64)c4ccccc4-5)ccc3c12. The summed E-state index contributed by atoms with van der Waals surface area (Å²) in [6.07, 6.45) is 0. The van der Waals surface area contributed by atoms with E-state index in [1.54, 1.807) is 0 Å². The minimum atomic E-state index is -0.552. The molecule has 0 N–H and O–H groups in total. The van der Waals surface area contributed by atoms with Crippen LogP contribution >= 0.6 is 11.3 Å². The number of rotatable bonds is 6. The molecule has 1 aliphatic carbocycles. The van der Waals surface area contributed by atoms with Crippen LogP contribution in [-0.2, 0) is 5.41 Å². The molecule has 10 aromatic rings. The molecule has 1 spiro atoms. The van der Waals surface area contributed by atoms with Crippen molar-refractivity contribution in [3.05, 3.63) is 240 Å². The summed E-state index contributed by atoms with van der Waals surface area (Å²) in [5.41, 5.74) is 14.5. The number of para-hydroxylation sites is 4. The highest BCUT2D eigenvalue weighted by Gasteiger charge is 2.51. The first kappa shape index (κ1) is 34.5. The number of nitrogens with zero attached hydrogens (tertiary/aromatic N) is 2. The minimum Gasteiger partial charge on any atom is -0.457 e. The van der Waals surface area contributed by atoms with Crippen molar-refractivity contribution in [2.24, 2.45) is 0 Å². The molecular formula is C56H36N2OS. The Bertz CT molecular complexity index is 3180. The zero-order valence-electron chi connectivity index (χ0n) is 32.8. The predicted octanol–water partition coefficient (Wildman–Crippen LogP) is 15.4. The van der Waals surface area contributed by atoms with Crippen LogP contribution in [0.2, 0.25) is 0 Å². The quantitative estimate of drug-likeness (QED) is 0.167. The first-order valence-electron chi connectivity index (χ1n) is 20.3. The molecule has 0 saturated carbocycles. The van der Waals surface area contributed by atoms with E-state index in [-0.39, 0.29) is 0 Å². The summed E-state index contributed by atoms with van der Waals surface area (Å²) in [6, 6.07) is 78.5. The molecule has 0 amide bonds. The van der Waals surface area contributed by atoms with Crippen LogP contribution in [0.3, 0.4) is 0 Å². The second-order valence-corrected chi connectivity index (χ2v) is 16.6. The van der Waals surface area contributed by atoms with E-state index < -0.39 is 5.41 Å². The maximum Gasteiger partial charge on any atom is 0.132 e. The Morgan fingerprint density at radius 3 is 1.78 bits per heavy atom. The molecule has 0 saturated heterocycles. The zero-order valence-corrected chi connectivity index (χ0v) is 33.6. The van der Waals surface area contributed by atoms with Crippen LogP contribution in [-0.4, -0.2) is 0 Å². The van der Waals surface area contributed by atoms with Gasteiger partial charge in [0, 0.05) is 59.7 Å². The van der Waals surface area contributed by atoms with Gasteiger partial charge < -0.3 is 14.5 Å². The standard InChI is InChI=1S/C56H36N2OS/c1-37-33-43(57(38-17-5-2-6-18-38)39-19-7-3-8-20-39)36-54-55(37)46-32-30-42(35-53(46)60-54)58(40-21-9-4-10-22-40)41-29-31-45-44-23-11-12-24-47(44)56(50(45)34-41)48-25-13-15-27-51(48)59-52-28-16-14-26-49(52)56/h2-7,9-19,21-36H,1H3. The van der Waals surface area contributed by atoms with Crippen molar-refractivity contribution in [2.75, 3.05) is 9.80 Å². The van der Waals surface area contributed by atoms with Gasteiger partial charge in [0.1, 0.15) is 11.5 Å². The molecule has 60 heavy (non-hydrogen) atoms. The summed E-state index contributed by atoms with van der Waals surface area (Å²) in [7, 11) is 0. The second kappa shape index (κ2) is 13.5. The van der Waals surface area contributed by atoms with Gasteiger partial charge in [-0.15, -0.1) is 11.3 Å². The monoisotopic (exact) mass is 784 g/mol. The van der Waals surface area contributed by atoms with Gasteiger partial charge in [-0.1, -0.05) is 121 Å². The Labute approximate surface area is 353 Å². The molecule has 282 valence electrons. The van der Waals surface area contributed by atoms with Crippen LogP contribution in [0.15, 0.2) is 200 Å². The number of anilines is 6. The Morgan fingerprint density at radius 1 is 0.467 bits per heavy atom. The lowest BCUT2D eigenvalue weighted by molar-refractivity contribution is 0.436. The number of ether oxygens (including phenoxy) is 1. The Morgan fingerprint density at radius 2 is 1.07 bits per heavy atom. The van der Waals surface area contributed by atoms with Gasteiger partial charge >= 0.3 is 0 Å².